The van der Waals surface area contributed by atoms with Crippen molar-refractivity contribution in [3.05, 3.63) is 0 Å². The van der Waals surface area contributed by atoms with Crippen LogP contribution in [0.5, 0.6) is 0 Å². The van der Waals surface area contributed by atoms with Crippen LogP contribution in [0, 0.1) is 16.2 Å². The van der Waals surface area contributed by atoms with E-state index >= 15 is 0 Å². The van der Waals surface area contributed by atoms with Crippen LogP contribution in [0.1, 0.15) is 96.4 Å². The van der Waals surface area contributed by atoms with Crippen LogP contribution in [0.25, 0.3) is 0 Å². The van der Waals surface area contributed by atoms with E-state index in [9.17, 15) is 0 Å². The first kappa shape index (κ1) is 21.9. The van der Waals surface area contributed by atoms with Crippen molar-refractivity contribution in [3.63, 3.8) is 0 Å². The van der Waals surface area contributed by atoms with E-state index in [4.69, 9.17) is 5.73 Å². The lowest BCUT2D eigenvalue weighted by atomic mass is 9.58. The summed E-state index contributed by atoms with van der Waals surface area (Å²) in [4.78, 5) is 0. The van der Waals surface area contributed by atoms with Crippen LogP contribution in [0.4, 0.5) is 0 Å². The summed E-state index contributed by atoms with van der Waals surface area (Å²) in [5.41, 5.74) is 6.65. The van der Waals surface area contributed by atoms with Crippen molar-refractivity contribution in [3.8, 4) is 0 Å². The predicted octanol–water partition coefficient (Wildman–Crippen LogP) is 5.36. The first-order chi connectivity index (χ1) is 9.16. The molecule has 0 unspecified atom stereocenters. The molecule has 0 aliphatic heterocycles. The lowest BCUT2D eigenvalue weighted by Crippen LogP contribution is -2.69. The molecule has 0 aliphatic rings. The average Bonchev–Trinajstić information content (AvgIpc) is 2.09. The molecule has 0 aromatic carbocycles. The normalized spacial score (nSPS) is 16.1. The van der Waals surface area contributed by atoms with Crippen LogP contribution in [0.3, 0.4) is 0 Å². The first-order valence-corrected chi connectivity index (χ1v) is 8.75. The molecule has 0 saturated carbocycles. The van der Waals surface area contributed by atoms with E-state index in [2.05, 4.69) is 95.3 Å². The number of rotatable bonds is 6. The van der Waals surface area contributed by atoms with Gasteiger partial charge in [-0.1, -0.05) is 48.5 Å². The van der Waals surface area contributed by atoms with Gasteiger partial charge < -0.3 is 11.1 Å². The zero-order chi connectivity index (χ0) is 18.4. The van der Waals surface area contributed by atoms with Gasteiger partial charge in [-0.3, -0.25) is 0 Å². The van der Waals surface area contributed by atoms with Crippen LogP contribution in [0.15, 0.2) is 0 Å². The van der Waals surface area contributed by atoms with Crippen molar-refractivity contribution in [2.45, 2.75) is 113 Å². The van der Waals surface area contributed by atoms with Gasteiger partial charge in [-0.2, -0.15) is 0 Å². The number of nitrogens with one attached hydrogen (secondary N) is 1. The molecule has 0 aliphatic carbocycles. The van der Waals surface area contributed by atoms with Gasteiger partial charge in [0.25, 0.3) is 0 Å². The van der Waals surface area contributed by atoms with Crippen molar-refractivity contribution in [2.24, 2.45) is 22.0 Å². The Labute approximate surface area is 141 Å². The van der Waals surface area contributed by atoms with E-state index in [0.29, 0.717) is 0 Å². The Morgan fingerprint density at radius 3 is 1.23 bits per heavy atom. The molecule has 0 saturated heterocycles. The van der Waals surface area contributed by atoms with E-state index in [1.165, 1.54) is 0 Å². The fraction of sp³-hybridized carbons (Fsp3) is 1.00. The second-order valence-corrected chi connectivity index (χ2v) is 11.3. The topological polar surface area (TPSA) is 38.0 Å². The Bertz CT molecular complexity index is 335. The van der Waals surface area contributed by atoms with E-state index in [1.54, 1.807) is 0 Å². The fourth-order valence-electron chi connectivity index (χ4n) is 2.70. The van der Waals surface area contributed by atoms with Crippen LogP contribution in [0.2, 0.25) is 0 Å². The summed E-state index contributed by atoms with van der Waals surface area (Å²) in [5, 5.41) is 3.86. The van der Waals surface area contributed by atoms with E-state index in [0.717, 1.165) is 6.42 Å². The van der Waals surface area contributed by atoms with Crippen LogP contribution in [-0.2, 0) is 0 Å². The average molecular weight is 313 g/mol. The van der Waals surface area contributed by atoms with Gasteiger partial charge in [0.15, 0.2) is 0 Å². The highest BCUT2D eigenvalue weighted by Crippen LogP contribution is 2.50. The van der Waals surface area contributed by atoms with Crippen LogP contribution < -0.4 is 11.1 Å². The van der Waals surface area contributed by atoms with Crippen molar-refractivity contribution in [1.82, 2.24) is 5.32 Å². The summed E-state index contributed by atoms with van der Waals surface area (Å²) < 4.78 is 0. The Morgan fingerprint density at radius 1 is 0.591 bits per heavy atom. The molecule has 0 aromatic heterocycles. The minimum Gasteiger partial charge on any atom is -0.324 e. The van der Waals surface area contributed by atoms with Crippen molar-refractivity contribution in [2.75, 3.05) is 0 Å². The maximum Gasteiger partial charge on any atom is 0.0304 e. The molecular weight excluding hydrogens is 268 g/mol. The third-order valence-corrected chi connectivity index (χ3v) is 6.84. The molecule has 0 heterocycles. The smallest absolute Gasteiger partial charge is 0.0304 e. The van der Waals surface area contributed by atoms with Crippen LogP contribution >= 0.6 is 0 Å². The second-order valence-electron chi connectivity index (χ2n) is 11.3. The maximum absolute atomic E-state index is 6.40. The first-order valence-electron chi connectivity index (χ1n) is 8.75. The molecule has 2 heteroatoms. The monoisotopic (exact) mass is 312 g/mol. The minimum absolute atomic E-state index is 0.0182. The third kappa shape index (κ3) is 4.71. The molecule has 0 rings (SSSR count). The molecule has 3 N–H and O–H groups in total. The Balaban J connectivity index is 5.44. The zero-order valence-electron chi connectivity index (χ0n) is 17.8. The molecule has 2 nitrogen and oxygen atoms in total. The highest BCUT2D eigenvalue weighted by atomic mass is 15.1. The van der Waals surface area contributed by atoms with Crippen LogP contribution in [-0.4, -0.2) is 16.6 Å². The molecule has 0 atom stereocenters. The largest absolute Gasteiger partial charge is 0.324 e. The van der Waals surface area contributed by atoms with Gasteiger partial charge in [0, 0.05) is 16.6 Å². The van der Waals surface area contributed by atoms with Crippen molar-refractivity contribution < 1.29 is 0 Å². The Kier molecular flexibility index (Phi) is 5.75. The third-order valence-electron chi connectivity index (χ3n) is 6.84. The highest BCUT2D eigenvalue weighted by molar-refractivity contribution is 5.06. The van der Waals surface area contributed by atoms with Crippen molar-refractivity contribution >= 4 is 0 Å². The summed E-state index contributed by atoms with van der Waals surface area (Å²) in [7, 11) is 0. The molecule has 0 spiro atoms. The summed E-state index contributed by atoms with van der Waals surface area (Å²) >= 11 is 0. The molecule has 0 fully saturated rings. The maximum atomic E-state index is 6.40. The molecule has 0 amide bonds. The van der Waals surface area contributed by atoms with Crippen molar-refractivity contribution in [1.29, 1.82) is 0 Å². The molecule has 22 heavy (non-hydrogen) atoms. The van der Waals surface area contributed by atoms with Gasteiger partial charge in [-0.05, 0) is 64.2 Å². The molecule has 0 aromatic rings. The molecule has 0 radical (unpaired) electrons. The number of hydrogen-bond acceptors (Lipinski definition) is 2. The summed E-state index contributed by atoms with van der Waals surface area (Å²) in [6, 6.07) is 0. The lowest BCUT2D eigenvalue weighted by Gasteiger charge is -2.54. The Morgan fingerprint density at radius 2 is 0.955 bits per heavy atom. The van der Waals surface area contributed by atoms with Gasteiger partial charge in [0.2, 0.25) is 0 Å². The van der Waals surface area contributed by atoms with E-state index in [-0.39, 0.29) is 32.9 Å². The number of hydrogen-bond donors (Lipinski definition) is 2. The SMILES string of the molecule is CC(C)(C)C(C)(C)CC(C)(C)C(C)(C)NC(C)(C)C(C)(C)N. The van der Waals surface area contributed by atoms with Gasteiger partial charge in [0.05, 0.1) is 0 Å². The van der Waals surface area contributed by atoms with E-state index in [1.807, 2.05) is 0 Å². The summed E-state index contributed by atoms with van der Waals surface area (Å²) in [5.74, 6) is 0. The quantitative estimate of drug-likeness (QED) is 0.693. The molecular formula is C20H44N2. The number of nitrogens with two attached hydrogens (primary N) is 1. The lowest BCUT2D eigenvalue weighted by molar-refractivity contribution is 0.00666. The summed E-state index contributed by atoms with van der Waals surface area (Å²) in [6.07, 6.45) is 1.16. The Hall–Kier alpha value is -0.0800. The van der Waals surface area contributed by atoms with E-state index < -0.39 is 0 Å². The highest BCUT2D eigenvalue weighted by Gasteiger charge is 2.47. The van der Waals surface area contributed by atoms with Gasteiger partial charge in [0.1, 0.15) is 0 Å². The van der Waals surface area contributed by atoms with Gasteiger partial charge in [-0.25, -0.2) is 0 Å². The minimum atomic E-state index is -0.278. The van der Waals surface area contributed by atoms with Gasteiger partial charge >= 0.3 is 0 Å². The second kappa shape index (κ2) is 5.77. The zero-order valence-corrected chi connectivity index (χ0v) is 17.8. The fourth-order valence-corrected chi connectivity index (χ4v) is 2.70. The molecule has 0 bridgehead atoms. The van der Waals surface area contributed by atoms with Gasteiger partial charge in [-0.15, -0.1) is 0 Å². The standard InChI is InChI=1S/C20H44N2/c1-15(2,3)16(4,5)14-17(6,7)19(10,11)22-20(12,13)18(8,9)21/h22H,14,21H2,1-13H3. The predicted molar refractivity (Wildman–Crippen MR) is 101 cm³/mol. The summed E-state index contributed by atoms with van der Waals surface area (Å²) in [6.45, 7) is 29.8. The molecule has 134 valence electrons.